The summed E-state index contributed by atoms with van der Waals surface area (Å²) in [5.41, 5.74) is -1.08. The van der Waals surface area contributed by atoms with Crippen LogP contribution in [0.2, 0.25) is 0 Å². The standard InChI is InChI=1S/C18H22F3N3O3/c19-18(20,21)10-24-8-3-4-12(15(24)25)22-16(26)23-13-11-5-9-27-14(11)17(13)6-1-2-7-17/h3-4,8,11,13-14H,1-2,5-7,9-10H2,(H2,22,23,26)/t11-,13+,14+/m0/s1. The van der Waals surface area contributed by atoms with Gasteiger partial charge in [0.25, 0.3) is 5.56 Å². The van der Waals surface area contributed by atoms with Crippen molar-refractivity contribution in [2.24, 2.45) is 11.3 Å². The molecule has 0 bridgehead atoms. The lowest BCUT2D eigenvalue weighted by atomic mass is 9.54. The summed E-state index contributed by atoms with van der Waals surface area (Å²) >= 11 is 0. The molecule has 1 aliphatic heterocycles. The van der Waals surface area contributed by atoms with E-state index in [1.165, 1.54) is 12.1 Å². The summed E-state index contributed by atoms with van der Waals surface area (Å²) in [6, 6.07) is 2.04. The summed E-state index contributed by atoms with van der Waals surface area (Å²) in [5, 5.41) is 5.39. The zero-order valence-corrected chi connectivity index (χ0v) is 14.7. The van der Waals surface area contributed by atoms with E-state index < -0.39 is 24.3 Å². The molecule has 148 valence electrons. The molecule has 1 saturated heterocycles. The number of halogens is 3. The summed E-state index contributed by atoms with van der Waals surface area (Å²) in [6.07, 6.45) is 1.83. The van der Waals surface area contributed by atoms with Crippen LogP contribution in [0.25, 0.3) is 0 Å². The van der Waals surface area contributed by atoms with Gasteiger partial charge in [0.1, 0.15) is 12.2 Å². The van der Waals surface area contributed by atoms with E-state index in [-0.39, 0.29) is 29.2 Å². The molecule has 2 aliphatic carbocycles. The number of nitrogens with zero attached hydrogens (tertiary/aromatic N) is 1. The summed E-state index contributed by atoms with van der Waals surface area (Å²) in [6.45, 7) is -0.701. The summed E-state index contributed by atoms with van der Waals surface area (Å²) in [4.78, 5) is 24.6. The van der Waals surface area contributed by atoms with Gasteiger partial charge in [-0.15, -0.1) is 0 Å². The molecule has 1 aromatic rings. The van der Waals surface area contributed by atoms with Gasteiger partial charge in [-0.25, -0.2) is 4.79 Å². The van der Waals surface area contributed by atoms with Crippen molar-refractivity contribution in [3.8, 4) is 0 Å². The Balaban J connectivity index is 1.46. The minimum atomic E-state index is -4.51. The van der Waals surface area contributed by atoms with Crippen molar-refractivity contribution in [3.05, 3.63) is 28.7 Å². The van der Waals surface area contributed by atoms with Gasteiger partial charge in [0.05, 0.1) is 6.10 Å². The monoisotopic (exact) mass is 385 g/mol. The molecule has 2 N–H and O–H groups in total. The molecule has 1 spiro atoms. The lowest BCUT2D eigenvalue weighted by Crippen LogP contribution is -2.68. The first-order valence-corrected chi connectivity index (χ1v) is 9.25. The van der Waals surface area contributed by atoms with Gasteiger partial charge >= 0.3 is 12.2 Å². The first-order valence-electron chi connectivity index (χ1n) is 9.25. The molecule has 3 fully saturated rings. The molecule has 2 amide bonds. The Morgan fingerprint density at radius 2 is 2.07 bits per heavy atom. The van der Waals surface area contributed by atoms with E-state index in [1.54, 1.807) is 0 Å². The first kappa shape index (κ1) is 18.3. The number of pyridine rings is 1. The molecule has 3 aliphatic rings. The summed E-state index contributed by atoms with van der Waals surface area (Å²) in [7, 11) is 0. The van der Waals surface area contributed by atoms with Crippen molar-refractivity contribution in [3.63, 3.8) is 0 Å². The van der Waals surface area contributed by atoms with Crippen LogP contribution < -0.4 is 16.2 Å². The Bertz CT molecular complexity index is 786. The van der Waals surface area contributed by atoms with E-state index >= 15 is 0 Å². The highest BCUT2D eigenvalue weighted by molar-refractivity contribution is 5.89. The van der Waals surface area contributed by atoms with Crippen molar-refractivity contribution in [2.45, 2.75) is 57.0 Å². The largest absolute Gasteiger partial charge is 0.406 e. The van der Waals surface area contributed by atoms with Crippen molar-refractivity contribution in [1.29, 1.82) is 0 Å². The van der Waals surface area contributed by atoms with Crippen molar-refractivity contribution in [2.75, 3.05) is 11.9 Å². The molecule has 0 radical (unpaired) electrons. The number of amides is 2. The molecule has 2 saturated carbocycles. The number of nitrogens with one attached hydrogen (secondary N) is 2. The van der Waals surface area contributed by atoms with Crippen LogP contribution in [0.1, 0.15) is 32.1 Å². The van der Waals surface area contributed by atoms with E-state index in [0.29, 0.717) is 11.2 Å². The highest BCUT2D eigenvalue weighted by Crippen LogP contribution is 2.60. The zero-order chi connectivity index (χ0) is 19.2. The number of urea groups is 1. The Morgan fingerprint density at radius 3 is 2.78 bits per heavy atom. The van der Waals surface area contributed by atoms with Crippen LogP contribution >= 0.6 is 0 Å². The number of aromatic nitrogens is 1. The zero-order valence-electron chi connectivity index (χ0n) is 14.7. The fourth-order valence-corrected chi connectivity index (χ4v) is 5.15. The predicted molar refractivity (Wildman–Crippen MR) is 91.4 cm³/mol. The molecule has 9 heteroatoms. The maximum absolute atomic E-state index is 12.6. The van der Waals surface area contributed by atoms with Crippen LogP contribution in [-0.4, -0.2) is 35.5 Å². The average molecular weight is 385 g/mol. The molecular formula is C18H22F3N3O3. The number of anilines is 1. The lowest BCUT2D eigenvalue weighted by Gasteiger charge is -2.56. The molecule has 0 unspecified atom stereocenters. The molecule has 1 aromatic heterocycles. The Kier molecular flexibility index (Phi) is 4.44. The number of hydrogen-bond acceptors (Lipinski definition) is 3. The normalized spacial score (nSPS) is 28.6. The first-order chi connectivity index (χ1) is 12.8. The third-order valence-corrected chi connectivity index (χ3v) is 6.19. The van der Waals surface area contributed by atoms with E-state index in [1.807, 2.05) is 0 Å². The summed E-state index contributed by atoms with van der Waals surface area (Å²) < 4.78 is 44.1. The van der Waals surface area contributed by atoms with Gasteiger partial charge in [0, 0.05) is 30.2 Å². The quantitative estimate of drug-likeness (QED) is 0.841. The van der Waals surface area contributed by atoms with E-state index in [0.717, 1.165) is 38.3 Å². The number of alkyl halides is 3. The van der Waals surface area contributed by atoms with Gasteiger partial charge in [-0.1, -0.05) is 12.8 Å². The second-order valence-electron chi connectivity index (χ2n) is 7.73. The minimum Gasteiger partial charge on any atom is -0.377 e. The number of carbonyl (C=O) groups excluding carboxylic acids is 1. The minimum absolute atomic E-state index is 0.0198. The number of ether oxygens (including phenoxy) is 1. The fourth-order valence-electron chi connectivity index (χ4n) is 5.15. The Labute approximate surface area is 154 Å². The molecular weight excluding hydrogens is 363 g/mol. The average Bonchev–Trinajstić information content (AvgIpc) is 3.23. The van der Waals surface area contributed by atoms with Crippen molar-refractivity contribution < 1.29 is 22.7 Å². The van der Waals surface area contributed by atoms with Gasteiger partial charge in [-0.3, -0.25) is 4.79 Å². The molecule has 6 nitrogen and oxygen atoms in total. The smallest absolute Gasteiger partial charge is 0.377 e. The van der Waals surface area contributed by atoms with Crippen LogP contribution in [0.3, 0.4) is 0 Å². The van der Waals surface area contributed by atoms with Gasteiger partial charge in [-0.05, 0) is 31.4 Å². The Hall–Kier alpha value is -2.03. The van der Waals surface area contributed by atoms with Crippen molar-refractivity contribution >= 4 is 11.7 Å². The second kappa shape index (κ2) is 6.54. The van der Waals surface area contributed by atoms with Crippen LogP contribution in [-0.2, 0) is 11.3 Å². The number of hydrogen-bond donors (Lipinski definition) is 2. The van der Waals surface area contributed by atoms with Gasteiger partial charge in [0.2, 0.25) is 0 Å². The molecule has 2 heterocycles. The van der Waals surface area contributed by atoms with E-state index in [4.69, 9.17) is 4.74 Å². The van der Waals surface area contributed by atoms with Crippen LogP contribution in [0, 0.1) is 11.3 Å². The van der Waals surface area contributed by atoms with E-state index in [9.17, 15) is 22.8 Å². The summed E-state index contributed by atoms with van der Waals surface area (Å²) in [5.74, 6) is 0.270. The molecule has 27 heavy (non-hydrogen) atoms. The maximum atomic E-state index is 12.6. The van der Waals surface area contributed by atoms with Crippen LogP contribution in [0.5, 0.6) is 0 Å². The highest BCUT2D eigenvalue weighted by atomic mass is 19.4. The third kappa shape index (κ3) is 3.22. The van der Waals surface area contributed by atoms with E-state index in [2.05, 4.69) is 10.6 Å². The lowest BCUT2D eigenvalue weighted by molar-refractivity contribution is -0.141. The molecule has 4 rings (SSSR count). The van der Waals surface area contributed by atoms with Gasteiger partial charge in [-0.2, -0.15) is 13.2 Å². The molecule has 3 atom stereocenters. The second-order valence-corrected chi connectivity index (χ2v) is 7.73. The van der Waals surface area contributed by atoms with Gasteiger partial charge in [0.15, 0.2) is 0 Å². The number of fused-ring (bicyclic) bond motifs is 2. The fraction of sp³-hybridized carbons (Fsp3) is 0.667. The van der Waals surface area contributed by atoms with Crippen molar-refractivity contribution in [1.82, 2.24) is 9.88 Å². The maximum Gasteiger partial charge on any atom is 0.406 e. The third-order valence-electron chi connectivity index (χ3n) is 6.19. The SMILES string of the molecule is O=C(Nc1cccn(CC(F)(F)F)c1=O)N[C@@H]1[C@@H]2CCO[C@H]2C12CCCC2. The van der Waals surface area contributed by atoms with Crippen LogP contribution in [0.4, 0.5) is 23.7 Å². The molecule has 0 aromatic carbocycles. The van der Waals surface area contributed by atoms with Gasteiger partial charge < -0.3 is 19.9 Å². The predicted octanol–water partition coefficient (Wildman–Crippen LogP) is 2.88. The van der Waals surface area contributed by atoms with Crippen LogP contribution in [0.15, 0.2) is 23.1 Å². The highest BCUT2D eigenvalue weighted by Gasteiger charge is 2.65. The number of rotatable bonds is 3. The topological polar surface area (TPSA) is 72.4 Å². The number of carbonyl (C=O) groups is 1. The Morgan fingerprint density at radius 1 is 1.33 bits per heavy atom.